The van der Waals surface area contributed by atoms with Crippen molar-refractivity contribution in [3.05, 3.63) is 43.2 Å². The smallest absolute Gasteiger partial charge is 0.410 e. The Morgan fingerprint density at radius 2 is 1.87 bits per heavy atom. The number of rotatable bonds is 6. The molecule has 0 bridgehead atoms. The summed E-state index contributed by atoms with van der Waals surface area (Å²) in [6.45, 7) is 10.5. The van der Waals surface area contributed by atoms with Crippen LogP contribution >= 0.6 is 0 Å². The van der Waals surface area contributed by atoms with E-state index >= 15 is 0 Å². The Bertz CT molecular complexity index is 1410. The summed E-state index contributed by atoms with van der Waals surface area (Å²) >= 11 is 0. The molecule has 0 aliphatic carbocycles. The summed E-state index contributed by atoms with van der Waals surface area (Å²) in [6, 6.07) is 2.03. The zero-order valence-electron chi connectivity index (χ0n) is 22.7. The molecule has 1 aliphatic heterocycles. The van der Waals surface area contributed by atoms with E-state index in [0.717, 1.165) is 40.9 Å². The maximum atomic E-state index is 12.4. The number of nitrogens with zero attached hydrogens (tertiary/aromatic N) is 8. The minimum absolute atomic E-state index is 0.191. The van der Waals surface area contributed by atoms with Gasteiger partial charge in [-0.15, -0.1) is 0 Å². The lowest BCUT2D eigenvalue weighted by Gasteiger charge is -2.36. The zero-order chi connectivity index (χ0) is 27.0. The number of ether oxygens (including phenoxy) is 1. The third kappa shape index (κ3) is 5.15. The van der Waals surface area contributed by atoms with E-state index in [1.165, 1.54) is 0 Å². The van der Waals surface area contributed by atoms with Crippen molar-refractivity contribution in [2.45, 2.75) is 77.7 Å². The highest BCUT2D eigenvalue weighted by molar-refractivity contribution is 5.78. The van der Waals surface area contributed by atoms with Gasteiger partial charge in [0, 0.05) is 30.1 Å². The van der Waals surface area contributed by atoms with Crippen molar-refractivity contribution in [2.75, 3.05) is 13.1 Å². The fourth-order valence-corrected chi connectivity index (χ4v) is 4.97. The van der Waals surface area contributed by atoms with Gasteiger partial charge in [0.1, 0.15) is 5.60 Å². The SMILES string of the molecule is CCC(CC)n1cc(-c2nc(-c3cnn([C@@H]4CCN(C(=O)OC(C)(C)C)C[C@H]4O)c3)cn3nccc23)cn1. The van der Waals surface area contributed by atoms with Crippen LogP contribution < -0.4 is 0 Å². The first kappa shape index (κ1) is 25.9. The van der Waals surface area contributed by atoms with Gasteiger partial charge in [-0.3, -0.25) is 9.36 Å². The summed E-state index contributed by atoms with van der Waals surface area (Å²) < 4.78 is 11.1. The second kappa shape index (κ2) is 10.2. The standard InChI is InChI=1S/C27H36N8O3/c1-6-20(7-2)33-15-19(13-29-33)25-23-8-10-28-35(23)16-21(31-25)18-12-30-34(14-18)22-9-11-32(17-24(22)36)26(37)38-27(3,4)5/h8,10,12-16,20,22,24,36H,6-7,9,11,17H2,1-5H3/t22-,24-/m1/s1. The van der Waals surface area contributed by atoms with Crippen molar-refractivity contribution in [2.24, 2.45) is 0 Å². The minimum atomic E-state index is -0.767. The second-order valence-electron chi connectivity index (χ2n) is 10.9. The Kier molecular flexibility index (Phi) is 6.95. The van der Waals surface area contributed by atoms with Crippen LogP contribution in [0.3, 0.4) is 0 Å². The third-order valence-corrected chi connectivity index (χ3v) is 7.02. The number of hydrogen-bond donors (Lipinski definition) is 1. The van der Waals surface area contributed by atoms with Gasteiger partial charge in [0.25, 0.3) is 0 Å². The largest absolute Gasteiger partial charge is 0.444 e. The van der Waals surface area contributed by atoms with E-state index in [4.69, 9.17) is 9.72 Å². The summed E-state index contributed by atoms with van der Waals surface area (Å²) in [5.41, 5.74) is 3.59. The van der Waals surface area contributed by atoms with Crippen LogP contribution in [0.25, 0.3) is 28.0 Å². The first-order chi connectivity index (χ1) is 18.2. The molecule has 202 valence electrons. The molecule has 11 heteroatoms. The molecule has 0 radical (unpaired) electrons. The average molecular weight is 521 g/mol. The fraction of sp³-hybridized carbons (Fsp3) is 0.519. The number of aliphatic hydroxyl groups excluding tert-OH is 1. The van der Waals surface area contributed by atoms with Gasteiger partial charge < -0.3 is 14.7 Å². The lowest BCUT2D eigenvalue weighted by molar-refractivity contribution is -0.0118. The number of aliphatic hydroxyl groups is 1. The molecule has 5 heterocycles. The fourth-order valence-electron chi connectivity index (χ4n) is 4.97. The third-order valence-electron chi connectivity index (χ3n) is 7.02. The summed E-state index contributed by atoms with van der Waals surface area (Å²) in [6.07, 6.45) is 12.6. The van der Waals surface area contributed by atoms with E-state index in [-0.39, 0.29) is 12.6 Å². The van der Waals surface area contributed by atoms with E-state index in [9.17, 15) is 9.90 Å². The Labute approximate surface area is 222 Å². The number of carbonyl (C=O) groups excluding carboxylic acids is 1. The Balaban J connectivity index is 1.39. The molecule has 2 atom stereocenters. The van der Waals surface area contributed by atoms with Gasteiger partial charge in [0.2, 0.25) is 0 Å². The molecule has 4 aromatic heterocycles. The number of β-amino-alcohol motifs (C(OH)–C–C–N with tert-alkyl or cyclic N) is 1. The lowest BCUT2D eigenvalue weighted by atomic mass is 10.0. The summed E-state index contributed by atoms with van der Waals surface area (Å²) in [7, 11) is 0. The molecule has 1 amide bonds. The van der Waals surface area contributed by atoms with Crippen molar-refractivity contribution in [1.29, 1.82) is 0 Å². The van der Waals surface area contributed by atoms with Crippen LogP contribution in [0.4, 0.5) is 4.79 Å². The molecule has 1 saturated heterocycles. The molecule has 11 nitrogen and oxygen atoms in total. The average Bonchev–Trinajstić information content (AvgIpc) is 3.64. The molecule has 0 spiro atoms. The summed E-state index contributed by atoms with van der Waals surface area (Å²) in [5, 5.41) is 24.5. The summed E-state index contributed by atoms with van der Waals surface area (Å²) in [4.78, 5) is 19.0. The van der Waals surface area contributed by atoms with Crippen LogP contribution in [-0.4, -0.2) is 75.1 Å². The van der Waals surface area contributed by atoms with Crippen LogP contribution in [0.5, 0.6) is 0 Å². The molecule has 4 aromatic rings. The van der Waals surface area contributed by atoms with Crippen LogP contribution in [-0.2, 0) is 4.74 Å². The molecule has 1 aliphatic rings. The van der Waals surface area contributed by atoms with Crippen molar-refractivity contribution in [3.8, 4) is 22.5 Å². The molecule has 0 unspecified atom stereocenters. The first-order valence-electron chi connectivity index (χ1n) is 13.3. The monoisotopic (exact) mass is 520 g/mol. The molecule has 0 aromatic carbocycles. The highest BCUT2D eigenvalue weighted by atomic mass is 16.6. The van der Waals surface area contributed by atoms with Crippen molar-refractivity contribution >= 4 is 11.6 Å². The first-order valence-corrected chi connectivity index (χ1v) is 13.3. The number of fused-ring (bicyclic) bond motifs is 1. The van der Waals surface area contributed by atoms with Crippen LogP contribution in [0, 0.1) is 0 Å². The molecular formula is C27H36N8O3. The van der Waals surface area contributed by atoms with Gasteiger partial charge in [-0.2, -0.15) is 15.3 Å². The zero-order valence-corrected chi connectivity index (χ0v) is 22.7. The molecule has 0 saturated carbocycles. The van der Waals surface area contributed by atoms with Gasteiger partial charge in [-0.05, 0) is 46.1 Å². The Hall–Kier alpha value is -3.73. The summed E-state index contributed by atoms with van der Waals surface area (Å²) in [5.74, 6) is 0. The van der Waals surface area contributed by atoms with E-state index in [1.807, 2.05) is 54.6 Å². The molecule has 1 N–H and O–H groups in total. The predicted molar refractivity (Wildman–Crippen MR) is 143 cm³/mol. The van der Waals surface area contributed by atoms with E-state index in [0.29, 0.717) is 19.0 Å². The van der Waals surface area contributed by atoms with Gasteiger partial charge in [0.05, 0.1) is 66.4 Å². The molecular weight excluding hydrogens is 484 g/mol. The number of hydrogen-bond acceptors (Lipinski definition) is 7. The lowest BCUT2D eigenvalue weighted by Crippen LogP contribution is -2.48. The van der Waals surface area contributed by atoms with Crippen molar-refractivity contribution in [3.63, 3.8) is 0 Å². The number of amides is 1. The predicted octanol–water partition coefficient (Wildman–Crippen LogP) is 4.36. The van der Waals surface area contributed by atoms with E-state index in [2.05, 4.69) is 35.3 Å². The number of aromatic nitrogens is 7. The second-order valence-corrected chi connectivity index (χ2v) is 10.9. The number of likely N-dealkylation sites (tertiary alicyclic amines) is 1. The van der Waals surface area contributed by atoms with Gasteiger partial charge in [0.15, 0.2) is 0 Å². The van der Waals surface area contributed by atoms with Crippen LogP contribution in [0.15, 0.2) is 43.2 Å². The van der Waals surface area contributed by atoms with Crippen LogP contribution in [0.2, 0.25) is 0 Å². The van der Waals surface area contributed by atoms with Crippen molar-refractivity contribution in [1.82, 2.24) is 39.1 Å². The number of piperidine rings is 1. The van der Waals surface area contributed by atoms with Crippen molar-refractivity contribution < 1.29 is 14.6 Å². The normalized spacial score (nSPS) is 18.4. The van der Waals surface area contributed by atoms with Crippen LogP contribution in [0.1, 0.15) is 66.0 Å². The highest BCUT2D eigenvalue weighted by Gasteiger charge is 2.34. The Morgan fingerprint density at radius 1 is 1.11 bits per heavy atom. The number of carbonyl (C=O) groups is 1. The maximum Gasteiger partial charge on any atom is 0.410 e. The molecule has 1 fully saturated rings. The molecule has 38 heavy (non-hydrogen) atoms. The minimum Gasteiger partial charge on any atom is -0.444 e. The quantitative estimate of drug-likeness (QED) is 0.402. The van der Waals surface area contributed by atoms with Gasteiger partial charge in [-0.25, -0.2) is 14.3 Å². The Morgan fingerprint density at radius 3 is 2.58 bits per heavy atom. The maximum absolute atomic E-state index is 12.4. The van der Waals surface area contributed by atoms with E-state index in [1.54, 1.807) is 22.0 Å². The highest BCUT2D eigenvalue weighted by Crippen LogP contribution is 2.30. The van der Waals surface area contributed by atoms with E-state index < -0.39 is 17.8 Å². The van der Waals surface area contributed by atoms with Gasteiger partial charge in [-0.1, -0.05) is 13.8 Å². The molecule has 5 rings (SSSR count). The topological polar surface area (TPSA) is 116 Å². The van der Waals surface area contributed by atoms with Gasteiger partial charge >= 0.3 is 6.09 Å².